The Morgan fingerprint density at radius 2 is 1.83 bits per heavy atom. The number of fused-ring (bicyclic) bond motifs is 1. The van der Waals surface area contributed by atoms with Crippen LogP contribution in [-0.2, 0) is 22.7 Å². The van der Waals surface area contributed by atoms with Crippen LogP contribution in [0.2, 0.25) is 0 Å². The Hall–Kier alpha value is -2.39. The summed E-state index contributed by atoms with van der Waals surface area (Å²) < 4.78 is 29.4. The fourth-order valence-electron chi connectivity index (χ4n) is 4.92. The third-order valence-corrected chi connectivity index (χ3v) is 10.0. The number of hydrogen-bond acceptors (Lipinski definition) is 6. The maximum atomic E-state index is 13.4. The Morgan fingerprint density at radius 3 is 2.44 bits per heavy atom. The molecule has 0 saturated carbocycles. The molecule has 1 aromatic carbocycles. The normalized spacial score (nSPS) is 21.0. The van der Waals surface area contributed by atoms with Gasteiger partial charge in [0.1, 0.15) is 10.8 Å². The molecule has 36 heavy (non-hydrogen) atoms. The molecule has 0 radical (unpaired) electrons. The lowest BCUT2D eigenvalue weighted by Gasteiger charge is -2.33. The van der Waals surface area contributed by atoms with Gasteiger partial charge in [0.05, 0.1) is 23.7 Å². The summed E-state index contributed by atoms with van der Waals surface area (Å²) in [6, 6.07) is 6.57. The summed E-state index contributed by atoms with van der Waals surface area (Å²) in [5, 5.41) is 6.44. The minimum atomic E-state index is -3.12. The molecule has 0 spiro atoms. The van der Waals surface area contributed by atoms with Gasteiger partial charge in [-0.3, -0.25) is 9.59 Å². The van der Waals surface area contributed by atoms with E-state index >= 15 is 0 Å². The van der Waals surface area contributed by atoms with E-state index in [4.69, 9.17) is 4.74 Å². The van der Waals surface area contributed by atoms with Crippen LogP contribution in [0.4, 0.5) is 5.00 Å². The van der Waals surface area contributed by atoms with E-state index in [-0.39, 0.29) is 28.7 Å². The molecule has 2 amide bonds. The number of hydrogen-bond donors (Lipinski definition) is 2. The van der Waals surface area contributed by atoms with E-state index in [2.05, 4.69) is 31.4 Å². The summed E-state index contributed by atoms with van der Waals surface area (Å²) in [6.45, 7) is 9.36. The average Bonchev–Trinajstić information content (AvgIpc) is 3.35. The van der Waals surface area contributed by atoms with Crippen LogP contribution < -0.4 is 15.4 Å². The van der Waals surface area contributed by atoms with Gasteiger partial charge in [0, 0.05) is 16.5 Å². The zero-order valence-corrected chi connectivity index (χ0v) is 23.1. The molecular formula is C27H36N2O5S2. The highest BCUT2D eigenvalue weighted by atomic mass is 32.2. The molecule has 9 heteroatoms. The number of amides is 2. The number of carbonyl (C=O) groups is 2. The SMILES string of the molecule is CCCOc1ccc(C(=O)Nc2sc3c(c2C(=O)NC2CCS(=O)(=O)C2)CCC(C(C)(C)C)C3)cc1. The molecule has 7 nitrogen and oxygen atoms in total. The summed E-state index contributed by atoms with van der Waals surface area (Å²) in [5.41, 5.74) is 2.10. The van der Waals surface area contributed by atoms with Crippen molar-refractivity contribution in [3.05, 3.63) is 45.8 Å². The maximum Gasteiger partial charge on any atom is 0.256 e. The monoisotopic (exact) mass is 532 g/mol. The largest absolute Gasteiger partial charge is 0.494 e. The first-order chi connectivity index (χ1) is 17.0. The third kappa shape index (κ3) is 6.11. The molecule has 196 valence electrons. The summed E-state index contributed by atoms with van der Waals surface area (Å²) in [6.07, 6.45) is 3.91. The van der Waals surface area contributed by atoms with Gasteiger partial charge in [-0.15, -0.1) is 11.3 Å². The summed E-state index contributed by atoms with van der Waals surface area (Å²) in [7, 11) is -3.12. The topological polar surface area (TPSA) is 102 Å². The molecule has 0 bridgehead atoms. The van der Waals surface area contributed by atoms with E-state index in [1.165, 1.54) is 11.3 Å². The number of nitrogens with one attached hydrogen (secondary N) is 2. The molecule has 1 fully saturated rings. The third-order valence-electron chi connectivity index (χ3n) is 7.10. The van der Waals surface area contributed by atoms with Gasteiger partial charge in [0.15, 0.2) is 9.84 Å². The maximum absolute atomic E-state index is 13.4. The zero-order valence-electron chi connectivity index (χ0n) is 21.5. The van der Waals surface area contributed by atoms with E-state index < -0.39 is 15.9 Å². The predicted octanol–water partition coefficient (Wildman–Crippen LogP) is 4.86. The molecule has 2 aromatic rings. The fraction of sp³-hybridized carbons (Fsp3) is 0.556. The fourth-order valence-corrected chi connectivity index (χ4v) is 7.91. The standard InChI is InChI=1S/C27H36N2O5S2/c1-5-13-34-20-9-6-17(7-10-20)24(30)29-26-23(25(31)28-19-12-14-36(32,33)16-19)21-11-8-18(27(2,3)4)15-22(21)35-26/h6-7,9-10,18-19H,5,8,11-16H2,1-4H3,(H,28,31)(H,29,30). The number of rotatable bonds is 7. The first-order valence-corrected chi connectivity index (χ1v) is 15.3. The van der Waals surface area contributed by atoms with Gasteiger partial charge in [0.25, 0.3) is 11.8 Å². The Bertz CT molecular complexity index is 1230. The van der Waals surface area contributed by atoms with Crippen LogP contribution in [0.3, 0.4) is 0 Å². The Morgan fingerprint density at radius 1 is 1.11 bits per heavy atom. The Kier molecular flexibility index (Phi) is 7.80. The van der Waals surface area contributed by atoms with Crippen LogP contribution in [0.5, 0.6) is 5.75 Å². The average molecular weight is 533 g/mol. The van der Waals surface area contributed by atoms with E-state index in [0.29, 0.717) is 40.8 Å². The van der Waals surface area contributed by atoms with Gasteiger partial charge in [-0.25, -0.2) is 8.42 Å². The second-order valence-electron chi connectivity index (χ2n) is 10.9. The highest BCUT2D eigenvalue weighted by Crippen LogP contribution is 2.44. The van der Waals surface area contributed by atoms with Crippen molar-refractivity contribution in [3.8, 4) is 5.75 Å². The smallest absolute Gasteiger partial charge is 0.256 e. The molecule has 1 aliphatic heterocycles. The highest BCUT2D eigenvalue weighted by Gasteiger charge is 2.36. The molecule has 1 saturated heterocycles. The lowest BCUT2D eigenvalue weighted by atomic mass is 9.72. The molecular weight excluding hydrogens is 496 g/mol. The molecule has 4 rings (SSSR count). The quantitative estimate of drug-likeness (QED) is 0.530. The second-order valence-corrected chi connectivity index (χ2v) is 14.2. The minimum absolute atomic E-state index is 0.0364. The van der Waals surface area contributed by atoms with Gasteiger partial charge >= 0.3 is 0 Å². The second kappa shape index (κ2) is 10.5. The zero-order chi connectivity index (χ0) is 26.1. The number of thiophene rings is 1. The summed E-state index contributed by atoms with van der Waals surface area (Å²) >= 11 is 1.47. The van der Waals surface area contributed by atoms with E-state index in [0.717, 1.165) is 36.1 Å². The molecule has 2 aliphatic rings. The Labute approximate surface area is 217 Å². The number of benzene rings is 1. The van der Waals surface area contributed by atoms with Crippen molar-refractivity contribution in [2.45, 2.75) is 65.8 Å². The van der Waals surface area contributed by atoms with Gasteiger partial charge < -0.3 is 15.4 Å². The predicted molar refractivity (Wildman–Crippen MR) is 144 cm³/mol. The van der Waals surface area contributed by atoms with Gasteiger partial charge in [-0.05, 0) is 73.3 Å². The van der Waals surface area contributed by atoms with Crippen LogP contribution in [-0.4, -0.2) is 44.4 Å². The molecule has 2 atom stereocenters. The molecule has 2 N–H and O–H groups in total. The number of ether oxygens (including phenoxy) is 1. The molecule has 1 aromatic heterocycles. The lowest BCUT2D eigenvalue weighted by molar-refractivity contribution is 0.0941. The minimum Gasteiger partial charge on any atom is -0.494 e. The van der Waals surface area contributed by atoms with E-state index in [1.807, 2.05) is 6.92 Å². The first kappa shape index (κ1) is 26.7. The summed E-state index contributed by atoms with van der Waals surface area (Å²) in [4.78, 5) is 27.7. The van der Waals surface area contributed by atoms with Gasteiger partial charge in [-0.1, -0.05) is 27.7 Å². The van der Waals surface area contributed by atoms with Crippen LogP contribution in [0.25, 0.3) is 0 Å². The van der Waals surface area contributed by atoms with E-state index in [9.17, 15) is 18.0 Å². The van der Waals surface area contributed by atoms with E-state index in [1.54, 1.807) is 24.3 Å². The van der Waals surface area contributed by atoms with Crippen molar-refractivity contribution in [2.24, 2.45) is 11.3 Å². The van der Waals surface area contributed by atoms with Crippen molar-refractivity contribution in [3.63, 3.8) is 0 Å². The van der Waals surface area contributed by atoms with Crippen molar-refractivity contribution in [1.82, 2.24) is 5.32 Å². The van der Waals surface area contributed by atoms with Crippen molar-refractivity contribution in [1.29, 1.82) is 0 Å². The van der Waals surface area contributed by atoms with Crippen molar-refractivity contribution in [2.75, 3.05) is 23.4 Å². The number of anilines is 1. The number of carbonyl (C=O) groups excluding carboxylic acids is 2. The Balaban J connectivity index is 1.59. The molecule has 2 unspecified atom stereocenters. The molecule has 2 heterocycles. The first-order valence-electron chi connectivity index (χ1n) is 12.7. The van der Waals surface area contributed by atoms with Gasteiger partial charge in [-0.2, -0.15) is 0 Å². The summed E-state index contributed by atoms with van der Waals surface area (Å²) in [5.74, 6) is 0.654. The molecule has 1 aliphatic carbocycles. The van der Waals surface area contributed by atoms with Crippen LogP contribution >= 0.6 is 11.3 Å². The van der Waals surface area contributed by atoms with Crippen LogP contribution in [0.1, 0.15) is 78.1 Å². The van der Waals surface area contributed by atoms with Gasteiger partial charge in [0.2, 0.25) is 0 Å². The number of sulfone groups is 1. The van der Waals surface area contributed by atoms with Crippen molar-refractivity contribution >= 4 is 38.0 Å². The highest BCUT2D eigenvalue weighted by molar-refractivity contribution is 7.91. The van der Waals surface area contributed by atoms with Crippen LogP contribution in [0, 0.1) is 11.3 Å². The lowest BCUT2D eigenvalue weighted by Crippen LogP contribution is -2.36. The van der Waals surface area contributed by atoms with Crippen LogP contribution in [0.15, 0.2) is 24.3 Å². The van der Waals surface area contributed by atoms with Crippen molar-refractivity contribution < 1.29 is 22.7 Å².